The largest absolute Gasteiger partial charge is 0.399 e. The van der Waals surface area contributed by atoms with E-state index in [-0.39, 0.29) is 28.5 Å². The van der Waals surface area contributed by atoms with Crippen molar-refractivity contribution in [2.45, 2.75) is 25.8 Å². The monoisotopic (exact) mass is 573 g/mol. The third-order valence-corrected chi connectivity index (χ3v) is 6.72. The summed E-state index contributed by atoms with van der Waals surface area (Å²) in [5, 5.41) is 3.29. The molecule has 8 nitrogen and oxygen atoms in total. The van der Waals surface area contributed by atoms with Crippen LogP contribution in [0.5, 0.6) is 0 Å². The van der Waals surface area contributed by atoms with Crippen LogP contribution in [0.2, 0.25) is 0 Å². The molecule has 0 radical (unpaired) electrons. The average molecular weight is 573 g/mol. The molecule has 1 saturated carbocycles. The van der Waals surface area contributed by atoms with Gasteiger partial charge in [0.25, 0.3) is 11.1 Å². The predicted molar refractivity (Wildman–Crippen MR) is 139 cm³/mol. The van der Waals surface area contributed by atoms with Crippen LogP contribution < -0.4 is 27.9 Å². The summed E-state index contributed by atoms with van der Waals surface area (Å²) in [5.74, 6) is -0.630. The number of nitrogens with zero attached hydrogens (tertiary/aromatic N) is 3. The maximum Gasteiger partial charge on any atom is 0.337 e. The zero-order valence-corrected chi connectivity index (χ0v) is 20.6. The van der Waals surface area contributed by atoms with Crippen LogP contribution in [-0.2, 0) is 7.05 Å². The standard InChI is InChI=1S/C24H21FIN5O3/c1-12-20(28-15-5-3-4-14(27)11-15)19-21(29(2)22(12)32)31(18-9-6-13(26)10-17(18)25)24(34)30(23(19)33)16-7-8-16/h3-6,9-11,16,28H,7-8,27H2,1-2H3. The minimum atomic E-state index is -0.672. The summed E-state index contributed by atoms with van der Waals surface area (Å²) in [6.07, 6.45) is 1.36. The Balaban J connectivity index is 1.97. The Kier molecular flexibility index (Phi) is 5.34. The van der Waals surface area contributed by atoms with Crippen LogP contribution >= 0.6 is 22.6 Å². The Morgan fingerprint density at radius 3 is 2.47 bits per heavy atom. The van der Waals surface area contributed by atoms with Crippen LogP contribution in [0.15, 0.2) is 56.8 Å². The van der Waals surface area contributed by atoms with Crippen molar-refractivity contribution < 1.29 is 4.39 Å². The fraction of sp³-hybridized carbons (Fsp3) is 0.208. The molecule has 10 heteroatoms. The summed E-state index contributed by atoms with van der Waals surface area (Å²) < 4.78 is 19.3. The summed E-state index contributed by atoms with van der Waals surface area (Å²) in [7, 11) is 1.48. The Morgan fingerprint density at radius 1 is 1.09 bits per heavy atom. The molecular weight excluding hydrogens is 552 g/mol. The van der Waals surface area contributed by atoms with Gasteiger partial charge in [-0.15, -0.1) is 0 Å². The molecule has 0 saturated heterocycles. The van der Waals surface area contributed by atoms with Crippen LogP contribution in [0.4, 0.5) is 21.5 Å². The number of halogens is 2. The molecule has 3 N–H and O–H groups in total. The minimum Gasteiger partial charge on any atom is -0.399 e. The van der Waals surface area contributed by atoms with Crippen molar-refractivity contribution >= 4 is 50.7 Å². The van der Waals surface area contributed by atoms with E-state index in [4.69, 9.17) is 5.73 Å². The first-order chi connectivity index (χ1) is 16.2. The molecule has 2 aromatic heterocycles. The van der Waals surface area contributed by atoms with Gasteiger partial charge >= 0.3 is 5.69 Å². The highest BCUT2D eigenvalue weighted by atomic mass is 127. The molecular formula is C24H21FIN5O3. The fourth-order valence-electron chi connectivity index (χ4n) is 4.24. The van der Waals surface area contributed by atoms with E-state index in [1.807, 2.05) is 22.6 Å². The number of pyridine rings is 1. The summed E-state index contributed by atoms with van der Waals surface area (Å²) >= 11 is 1.98. The molecule has 34 heavy (non-hydrogen) atoms. The van der Waals surface area contributed by atoms with Crippen molar-refractivity contribution in [3.8, 4) is 5.69 Å². The summed E-state index contributed by atoms with van der Waals surface area (Å²) in [4.78, 5) is 40.5. The number of hydrogen-bond acceptors (Lipinski definition) is 5. The van der Waals surface area contributed by atoms with E-state index < -0.39 is 22.6 Å². The summed E-state index contributed by atoms with van der Waals surface area (Å²) in [6.45, 7) is 1.61. The van der Waals surface area contributed by atoms with Crippen molar-refractivity contribution in [3.05, 3.63) is 88.6 Å². The highest BCUT2D eigenvalue weighted by Crippen LogP contribution is 2.34. The second-order valence-corrected chi connectivity index (χ2v) is 9.68. The van der Waals surface area contributed by atoms with E-state index in [1.54, 1.807) is 37.3 Å². The van der Waals surface area contributed by atoms with Crippen LogP contribution in [0.3, 0.4) is 0 Å². The van der Waals surface area contributed by atoms with E-state index in [2.05, 4.69) is 5.32 Å². The van der Waals surface area contributed by atoms with Gasteiger partial charge in [-0.1, -0.05) is 6.07 Å². The quantitative estimate of drug-likeness (QED) is 0.287. The smallest absolute Gasteiger partial charge is 0.337 e. The Morgan fingerprint density at radius 2 is 1.82 bits per heavy atom. The normalized spacial score (nSPS) is 13.4. The lowest BCUT2D eigenvalue weighted by atomic mass is 10.1. The molecule has 5 rings (SSSR count). The maximum atomic E-state index is 15.1. The highest BCUT2D eigenvalue weighted by Gasteiger charge is 2.32. The SMILES string of the molecule is Cc1c(Nc2cccc(N)c2)c2c(=O)n(C3CC3)c(=O)n(-c3ccc(I)cc3F)c2n(C)c1=O. The number of benzene rings is 2. The maximum absolute atomic E-state index is 15.1. The Bertz CT molecular complexity index is 1670. The first-order valence-corrected chi connectivity index (χ1v) is 11.8. The molecule has 1 aliphatic rings. The Labute approximate surface area is 206 Å². The van der Waals surface area contributed by atoms with Gasteiger partial charge < -0.3 is 11.1 Å². The summed E-state index contributed by atoms with van der Waals surface area (Å²) in [6, 6.07) is 11.1. The molecule has 1 aliphatic carbocycles. The molecule has 0 unspecified atom stereocenters. The van der Waals surface area contributed by atoms with Gasteiger partial charge in [-0.2, -0.15) is 0 Å². The van der Waals surface area contributed by atoms with Gasteiger partial charge in [-0.05, 0) is 78.8 Å². The average Bonchev–Trinajstić information content (AvgIpc) is 3.61. The van der Waals surface area contributed by atoms with E-state index in [0.717, 1.165) is 4.57 Å². The zero-order valence-electron chi connectivity index (χ0n) is 18.4. The minimum absolute atomic E-state index is 0.0222. The number of nitrogen functional groups attached to an aromatic ring is 1. The van der Waals surface area contributed by atoms with Gasteiger partial charge in [0.15, 0.2) is 0 Å². The van der Waals surface area contributed by atoms with Crippen LogP contribution in [0.25, 0.3) is 16.7 Å². The first kappa shape index (κ1) is 22.4. The van der Waals surface area contributed by atoms with Gasteiger partial charge in [-0.3, -0.25) is 18.7 Å². The molecule has 0 spiro atoms. The molecule has 0 aliphatic heterocycles. The van der Waals surface area contributed by atoms with E-state index >= 15 is 4.39 Å². The van der Waals surface area contributed by atoms with Gasteiger partial charge in [-0.25, -0.2) is 13.8 Å². The second-order valence-electron chi connectivity index (χ2n) is 8.43. The number of aryl methyl sites for hydroxylation is 1. The highest BCUT2D eigenvalue weighted by molar-refractivity contribution is 14.1. The van der Waals surface area contributed by atoms with Gasteiger partial charge in [0, 0.05) is 33.6 Å². The number of rotatable bonds is 4. The molecule has 174 valence electrons. The number of hydrogen-bond donors (Lipinski definition) is 2. The lowest BCUT2D eigenvalue weighted by Crippen LogP contribution is -2.42. The van der Waals surface area contributed by atoms with Crippen molar-refractivity contribution in [1.82, 2.24) is 13.7 Å². The third kappa shape index (κ3) is 3.52. The Hall–Kier alpha value is -3.41. The van der Waals surface area contributed by atoms with Crippen molar-refractivity contribution in [2.24, 2.45) is 7.05 Å². The molecule has 0 atom stereocenters. The lowest BCUT2D eigenvalue weighted by Gasteiger charge is -2.20. The molecule has 2 heterocycles. The van der Waals surface area contributed by atoms with Crippen molar-refractivity contribution in [3.63, 3.8) is 0 Å². The summed E-state index contributed by atoms with van der Waals surface area (Å²) in [5.41, 5.74) is 5.94. The molecule has 4 aromatic rings. The molecule has 2 aromatic carbocycles. The van der Waals surface area contributed by atoms with Crippen LogP contribution in [0.1, 0.15) is 24.4 Å². The van der Waals surface area contributed by atoms with E-state index in [9.17, 15) is 14.4 Å². The molecule has 0 amide bonds. The number of nitrogens with one attached hydrogen (secondary N) is 1. The third-order valence-electron chi connectivity index (χ3n) is 6.05. The van der Waals surface area contributed by atoms with Crippen molar-refractivity contribution in [2.75, 3.05) is 11.1 Å². The zero-order chi connectivity index (χ0) is 24.3. The molecule has 0 bridgehead atoms. The first-order valence-electron chi connectivity index (χ1n) is 10.7. The van der Waals surface area contributed by atoms with E-state index in [0.29, 0.717) is 33.4 Å². The number of fused-ring (bicyclic) bond motifs is 1. The molecule has 1 fully saturated rings. The number of aromatic nitrogens is 3. The van der Waals surface area contributed by atoms with Gasteiger partial charge in [0.2, 0.25) is 0 Å². The second kappa shape index (κ2) is 8.12. The van der Waals surface area contributed by atoms with Gasteiger partial charge in [0.1, 0.15) is 16.9 Å². The predicted octanol–water partition coefficient (Wildman–Crippen LogP) is 3.56. The van der Waals surface area contributed by atoms with Crippen LogP contribution in [0, 0.1) is 16.3 Å². The number of nitrogens with two attached hydrogens (primary N) is 1. The van der Waals surface area contributed by atoms with Gasteiger partial charge in [0.05, 0.1) is 11.4 Å². The van der Waals surface area contributed by atoms with Crippen molar-refractivity contribution in [1.29, 1.82) is 0 Å². The number of anilines is 3. The topological polar surface area (TPSA) is 104 Å². The lowest BCUT2D eigenvalue weighted by molar-refractivity contribution is 0.596. The van der Waals surface area contributed by atoms with Crippen LogP contribution in [-0.4, -0.2) is 13.7 Å². The van der Waals surface area contributed by atoms with E-state index in [1.165, 1.54) is 28.3 Å². The fourth-order valence-corrected chi connectivity index (χ4v) is 4.70.